The fourth-order valence-corrected chi connectivity index (χ4v) is 4.56. The lowest BCUT2D eigenvalue weighted by atomic mass is 9.67. The van der Waals surface area contributed by atoms with Crippen LogP contribution < -0.4 is 11.1 Å². The van der Waals surface area contributed by atoms with Crippen molar-refractivity contribution in [2.24, 2.45) is 17.1 Å². The molecule has 0 aromatic carbocycles. The summed E-state index contributed by atoms with van der Waals surface area (Å²) >= 11 is 1.47. The van der Waals surface area contributed by atoms with Crippen LogP contribution >= 0.6 is 11.8 Å². The fourth-order valence-electron chi connectivity index (χ4n) is 3.30. The lowest BCUT2D eigenvalue weighted by Gasteiger charge is -2.43. The Balaban J connectivity index is 1.99. The summed E-state index contributed by atoms with van der Waals surface area (Å²) in [4.78, 5) is 36.8. The van der Waals surface area contributed by atoms with Gasteiger partial charge in [-0.3, -0.25) is 14.4 Å². The quantitative estimate of drug-likeness (QED) is 0.587. The Morgan fingerprint density at radius 2 is 2.00 bits per heavy atom. The second-order valence-electron chi connectivity index (χ2n) is 6.52. The summed E-state index contributed by atoms with van der Waals surface area (Å²) in [6, 6.07) is 0.153. The zero-order valence-electron chi connectivity index (χ0n) is 12.5. The highest BCUT2D eigenvalue weighted by molar-refractivity contribution is 8.04. The lowest BCUT2D eigenvalue weighted by Crippen LogP contribution is -2.51. The highest BCUT2D eigenvalue weighted by Crippen LogP contribution is 2.47. The Hall–Kier alpha value is -1.82. The van der Waals surface area contributed by atoms with E-state index >= 15 is 0 Å². The zero-order valence-corrected chi connectivity index (χ0v) is 13.3. The monoisotopic (exact) mass is 318 g/mol. The van der Waals surface area contributed by atoms with E-state index in [1.54, 1.807) is 0 Å². The van der Waals surface area contributed by atoms with Crippen LogP contribution in [0.5, 0.6) is 0 Å². The molecular formula is C16H18N2O3S. The highest BCUT2D eigenvalue weighted by atomic mass is 32.2. The van der Waals surface area contributed by atoms with Gasteiger partial charge in [0.15, 0.2) is 5.78 Å². The SMILES string of the molecule is CC1(C)CC2=C(S[C@H]3C=CC=C[C@@H]3N2)C(=O)[C@H]1C(=O)C(N)=O. The molecule has 1 amide bonds. The average Bonchev–Trinajstić information content (AvgIpc) is 2.44. The molecule has 0 unspecified atom stereocenters. The highest BCUT2D eigenvalue weighted by Gasteiger charge is 2.50. The van der Waals surface area contributed by atoms with Crippen molar-refractivity contribution in [2.75, 3.05) is 0 Å². The van der Waals surface area contributed by atoms with Crippen molar-refractivity contribution >= 4 is 29.2 Å². The molecule has 116 valence electrons. The zero-order chi connectivity index (χ0) is 16.1. The van der Waals surface area contributed by atoms with Gasteiger partial charge in [-0.15, -0.1) is 11.8 Å². The molecule has 1 heterocycles. The van der Waals surface area contributed by atoms with Crippen LogP contribution in [-0.4, -0.2) is 28.8 Å². The topological polar surface area (TPSA) is 89.3 Å². The molecule has 0 bridgehead atoms. The number of hydrogen-bond acceptors (Lipinski definition) is 5. The number of hydrogen-bond donors (Lipinski definition) is 2. The first-order valence-corrected chi connectivity index (χ1v) is 8.08. The second-order valence-corrected chi connectivity index (χ2v) is 7.71. The average molecular weight is 318 g/mol. The lowest BCUT2D eigenvalue weighted by molar-refractivity contribution is -0.145. The molecule has 3 atom stereocenters. The number of carbonyl (C=O) groups excluding carboxylic acids is 3. The molecule has 1 aliphatic heterocycles. The van der Waals surface area contributed by atoms with Crippen LogP contribution in [0.25, 0.3) is 0 Å². The van der Waals surface area contributed by atoms with Crippen LogP contribution in [0.4, 0.5) is 0 Å². The van der Waals surface area contributed by atoms with Crippen LogP contribution in [0.3, 0.4) is 0 Å². The van der Waals surface area contributed by atoms with Crippen LogP contribution in [0.1, 0.15) is 20.3 Å². The number of nitrogens with one attached hydrogen (secondary N) is 1. The molecule has 0 radical (unpaired) electrons. The number of thioether (sulfide) groups is 1. The van der Waals surface area contributed by atoms with E-state index in [0.717, 1.165) is 5.70 Å². The normalized spacial score (nSPS) is 32.1. The second kappa shape index (κ2) is 5.12. The maximum absolute atomic E-state index is 12.8. The molecule has 22 heavy (non-hydrogen) atoms. The molecule has 3 N–H and O–H groups in total. The van der Waals surface area contributed by atoms with E-state index in [2.05, 4.69) is 11.4 Å². The molecule has 0 saturated carbocycles. The van der Waals surface area contributed by atoms with Crippen LogP contribution in [0.2, 0.25) is 0 Å². The van der Waals surface area contributed by atoms with E-state index in [9.17, 15) is 14.4 Å². The number of Topliss-reactive ketones (excluding diaryl/α,β-unsaturated/α-hetero) is 2. The summed E-state index contributed by atoms with van der Waals surface area (Å²) in [6.07, 6.45) is 8.58. The van der Waals surface area contributed by atoms with E-state index in [1.165, 1.54) is 11.8 Å². The molecule has 0 aromatic heterocycles. The smallest absolute Gasteiger partial charge is 0.285 e. The van der Waals surface area contributed by atoms with Crippen LogP contribution in [0.15, 0.2) is 34.9 Å². The van der Waals surface area contributed by atoms with Gasteiger partial charge in [0.2, 0.25) is 5.78 Å². The number of allylic oxidation sites excluding steroid dienone is 4. The Morgan fingerprint density at radius 1 is 1.32 bits per heavy atom. The van der Waals surface area contributed by atoms with Crippen molar-refractivity contribution < 1.29 is 14.4 Å². The number of nitrogens with two attached hydrogens (primary N) is 1. The summed E-state index contributed by atoms with van der Waals surface area (Å²) < 4.78 is 0. The van der Waals surface area contributed by atoms with Crippen LogP contribution in [-0.2, 0) is 14.4 Å². The van der Waals surface area contributed by atoms with Gasteiger partial charge in [0.25, 0.3) is 5.91 Å². The molecule has 2 aliphatic carbocycles. The first kappa shape index (κ1) is 15.1. The first-order chi connectivity index (χ1) is 10.3. The van der Waals surface area contributed by atoms with Gasteiger partial charge in [0.05, 0.1) is 22.1 Å². The summed E-state index contributed by atoms with van der Waals surface area (Å²) in [5.41, 5.74) is 5.37. The number of primary amides is 1. The van der Waals surface area contributed by atoms with Gasteiger partial charge in [-0.2, -0.15) is 0 Å². The molecule has 0 fully saturated rings. The Labute approximate surface area is 133 Å². The van der Waals surface area contributed by atoms with Crippen molar-refractivity contribution in [3.8, 4) is 0 Å². The van der Waals surface area contributed by atoms with E-state index in [0.29, 0.717) is 11.3 Å². The number of fused-ring (bicyclic) bond motifs is 1. The summed E-state index contributed by atoms with van der Waals surface area (Å²) in [6.45, 7) is 3.66. The van der Waals surface area contributed by atoms with Crippen molar-refractivity contribution in [3.05, 3.63) is 34.9 Å². The van der Waals surface area contributed by atoms with E-state index in [1.807, 2.05) is 32.1 Å². The molecule has 5 nitrogen and oxygen atoms in total. The van der Waals surface area contributed by atoms with Crippen molar-refractivity contribution in [1.82, 2.24) is 5.32 Å². The van der Waals surface area contributed by atoms with Gasteiger partial charge in [0, 0.05) is 5.70 Å². The van der Waals surface area contributed by atoms with Gasteiger partial charge in [0.1, 0.15) is 0 Å². The summed E-state index contributed by atoms with van der Waals surface area (Å²) in [5, 5.41) is 3.53. The predicted octanol–water partition coefficient (Wildman–Crippen LogP) is 1.07. The maximum atomic E-state index is 12.8. The number of ketones is 2. The van der Waals surface area contributed by atoms with E-state index in [4.69, 9.17) is 5.73 Å². The third kappa shape index (κ3) is 2.31. The van der Waals surface area contributed by atoms with E-state index < -0.39 is 23.0 Å². The summed E-state index contributed by atoms with van der Waals surface area (Å²) in [7, 11) is 0. The van der Waals surface area contributed by atoms with Crippen LogP contribution in [0, 0.1) is 11.3 Å². The Bertz CT molecular complexity index is 660. The van der Waals surface area contributed by atoms with Crippen molar-refractivity contribution in [1.29, 1.82) is 0 Å². The Kier molecular flexibility index (Phi) is 3.51. The van der Waals surface area contributed by atoms with Gasteiger partial charge in [-0.1, -0.05) is 38.2 Å². The van der Waals surface area contributed by atoms with Gasteiger partial charge in [-0.05, 0) is 11.8 Å². The molecule has 3 aliphatic rings. The standard InChI is InChI=1S/C16H18N2O3S/c1-16(2)7-9-14(12(19)11(16)13(20)15(17)21)22-10-6-4-3-5-8(10)18-9/h3-6,8,10-11,18H,7H2,1-2H3,(H2,17,21)/t8-,10-,11-/m0/s1. The minimum atomic E-state index is -1.04. The number of rotatable bonds is 2. The summed E-state index contributed by atoms with van der Waals surface area (Å²) in [5.74, 6) is -3.10. The largest absolute Gasteiger partial charge is 0.380 e. The molecule has 6 heteroatoms. The maximum Gasteiger partial charge on any atom is 0.285 e. The minimum Gasteiger partial charge on any atom is -0.380 e. The third-order valence-corrected chi connectivity index (χ3v) is 5.76. The molecule has 0 saturated heterocycles. The molecule has 0 spiro atoms. The third-order valence-electron chi connectivity index (χ3n) is 4.36. The first-order valence-electron chi connectivity index (χ1n) is 7.20. The van der Waals surface area contributed by atoms with Crippen molar-refractivity contribution in [3.63, 3.8) is 0 Å². The van der Waals surface area contributed by atoms with Gasteiger partial charge in [-0.25, -0.2) is 0 Å². The fraction of sp³-hybridized carbons (Fsp3) is 0.438. The minimum absolute atomic E-state index is 0.123. The molecule has 3 rings (SSSR count). The van der Waals surface area contributed by atoms with E-state index in [-0.39, 0.29) is 17.1 Å². The molecule has 0 aromatic rings. The predicted molar refractivity (Wildman–Crippen MR) is 84.7 cm³/mol. The Morgan fingerprint density at radius 3 is 2.68 bits per heavy atom. The van der Waals surface area contributed by atoms with Crippen molar-refractivity contribution in [2.45, 2.75) is 31.6 Å². The number of carbonyl (C=O) groups is 3. The number of amides is 1. The van der Waals surface area contributed by atoms with Gasteiger partial charge < -0.3 is 11.1 Å². The molecular weight excluding hydrogens is 300 g/mol. The van der Waals surface area contributed by atoms with Gasteiger partial charge >= 0.3 is 0 Å².